The Morgan fingerprint density at radius 3 is 2.72 bits per heavy atom. The third kappa shape index (κ3) is 5.59. The summed E-state index contributed by atoms with van der Waals surface area (Å²) in [7, 11) is 0. The lowest BCUT2D eigenvalue weighted by molar-refractivity contribution is 0.147. The molecule has 1 saturated heterocycles. The number of hydroxylamine groups is 1. The van der Waals surface area contributed by atoms with E-state index in [2.05, 4.69) is 27.5 Å². The number of nitrogens with zero attached hydrogens (tertiary/aromatic N) is 2. The molecule has 1 aliphatic rings. The lowest BCUT2D eigenvalue weighted by Crippen LogP contribution is -2.35. The predicted molar refractivity (Wildman–Crippen MR) is 98.9 cm³/mol. The summed E-state index contributed by atoms with van der Waals surface area (Å²) in [5.41, 5.74) is 4.39. The third-order valence-corrected chi connectivity index (χ3v) is 4.23. The smallest absolute Gasteiger partial charge is 0.237 e. The van der Waals surface area contributed by atoms with Gasteiger partial charge in [0, 0.05) is 31.9 Å². The van der Waals surface area contributed by atoms with Gasteiger partial charge in [-0.15, -0.1) is 0 Å². The van der Waals surface area contributed by atoms with E-state index in [-0.39, 0.29) is 6.10 Å². The summed E-state index contributed by atoms with van der Waals surface area (Å²) >= 11 is 5.82. The van der Waals surface area contributed by atoms with E-state index in [4.69, 9.17) is 21.2 Å². The highest BCUT2D eigenvalue weighted by Crippen LogP contribution is 2.18. The number of benzene rings is 1. The minimum Gasteiger partial charge on any atom is -0.491 e. The van der Waals surface area contributed by atoms with Crippen LogP contribution in [0, 0.1) is 0 Å². The zero-order valence-electron chi connectivity index (χ0n) is 14.6. The second kappa shape index (κ2) is 8.52. The molecule has 0 aliphatic carbocycles. The summed E-state index contributed by atoms with van der Waals surface area (Å²) in [4.78, 5) is 12.1. The van der Waals surface area contributed by atoms with Gasteiger partial charge < -0.3 is 9.57 Å². The SMILES string of the molecule is CC(C)Oc1ccc(CN2CC[C@@H](NOc3ccc(Cl)cn3)C2)cc1. The molecule has 1 N–H and O–H groups in total. The fraction of sp³-hybridized carbons (Fsp3) is 0.421. The van der Waals surface area contributed by atoms with Crippen molar-refractivity contribution in [2.24, 2.45) is 0 Å². The molecule has 0 radical (unpaired) electrons. The van der Waals surface area contributed by atoms with Crippen LogP contribution in [-0.2, 0) is 6.54 Å². The number of ether oxygens (including phenoxy) is 1. The van der Waals surface area contributed by atoms with Gasteiger partial charge in [-0.2, -0.15) is 5.48 Å². The first-order valence-electron chi connectivity index (χ1n) is 8.60. The van der Waals surface area contributed by atoms with E-state index >= 15 is 0 Å². The van der Waals surface area contributed by atoms with Crippen molar-refractivity contribution in [2.45, 2.75) is 39.0 Å². The van der Waals surface area contributed by atoms with Crippen LogP contribution in [0.2, 0.25) is 5.02 Å². The van der Waals surface area contributed by atoms with Gasteiger partial charge in [-0.05, 0) is 44.0 Å². The van der Waals surface area contributed by atoms with Gasteiger partial charge in [0.2, 0.25) is 5.88 Å². The van der Waals surface area contributed by atoms with Crippen LogP contribution >= 0.6 is 11.6 Å². The Kier molecular flexibility index (Phi) is 6.13. The van der Waals surface area contributed by atoms with Crippen molar-refractivity contribution in [3.05, 3.63) is 53.2 Å². The lowest BCUT2D eigenvalue weighted by Gasteiger charge is -2.17. The minimum atomic E-state index is 0.200. The molecule has 3 rings (SSSR count). The summed E-state index contributed by atoms with van der Waals surface area (Å²) in [5, 5.41) is 0.601. The molecule has 6 heteroatoms. The van der Waals surface area contributed by atoms with Gasteiger partial charge in [0.25, 0.3) is 0 Å². The fourth-order valence-electron chi connectivity index (χ4n) is 2.84. The first-order valence-corrected chi connectivity index (χ1v) is 8.98. The van der Waals surface area contributed by atoms with Gasteiger partial charge in [-0.3, -0.25) is 4.90 Å². The topological polar surface area (TPSA) is 46.6 Å². The Morgan fingerprint density at radius 1 is 1.24 bits per heavy atom. The molecule has 0 bridgehead atoms. The molecule has 2 heterocycles. The standard InChI is InChI=1S/C19H24ClN3O2/c1-14(2)24-18-6-3-15(4-7-18)12-23-10-9-17(13-23)22-25-19-8-5-16(20)11-21-19/h3-8,11,14,17,22H,9-10,12-13H2,1-2H3/t17-/m1/s1. The Labute approximate surface area is 153 Å². The molecule has 0 unspecified atom stereocenters. The highest BCUT2D eigenvalue weighted by Gasteiger charge is 2.23. The molecular weight excluding hydrogens is 338 g/mol. The molecule has 1 atom stereocenters. The van der Waals surface area contributed by atoms with Crippen LogP contribution in [0.25, 0.3) is 0 Å². The maximum absolute atomic E-state index is 5.82. The maximum Gasteiger partial charge on any atom is 0.237 e. The molecule has 5 nitrogen and oxygen atoms in total. The van der Waals surface area contributed by atoms with Gasteiger partial charge in [-0.25, -0.2) is 4.98 Å². The number of aromatic nitrogens is 1. The van der Waals surface area contributed by atoms with Crippen LogP contribution in [0.1, 0.15) is 25.8 Å². The molecular formula is C19H24ClN3O2. The van der Waals surface area contributed by atoms with Gasteiger partial charge in [-0.1, -0.05) is 23.7 Å². The number of halogens is 1. The summed E-state index contributed by atoms with van der Waals surface area (Å²) in [5.74, 6) is 1.45. The first kappa shape index (κ1) is 18.0. The molecule has 0 amide bonds. The van der Waals surface area contributed by atoms with Crippen LogP contribution in [-0.4, -0.2) is 35.1 Å². The first-order chi connectivity index (χ1) is 12.1. The van der Waals surface area contributed by atoms with Gasteiger partial charge >= 0.3 is 0 Å². The van der Waals surface area contributed by atoms with Crippen molar-refractivity contribution in [1.82, 2.24) is 15.4 Å². The summed E-state index contributed by atoms with van der Waals surface area (Å²) in [6.07, 6.45) is 2.82. The van der Waals surface area contributed by atoms with Gasteiger partial charge in [0.15, 0.2) is 0 Å². The molecule has 1 aromatic carbocycles. The molecule has 1 fully saturated rings. The number of pyridine rings is 1. The second-order valence-corrected chi connectivity index (χ2v) is 7.00. The van der Waals surface area contributed by atoms with Crippen molar-refractivity contribution in [1.29, 1.82) is 0 Å². The summed E-state index contributed by atoms with van der Waals surface area (Å²) < 4.78 is 5.68. The largest absolute Gasteiger partial charge is 0.491 e. The van der Waals surface area contributed by atoms with E-state index < -0.39 is 0 Å². The minimum absolute atomic E-state index is 0.200. The highest BCUT2D eigenvalue weighted by molar-refractivity contribution is 6.30. The maximum atomic E-state index is 5.82. The van der Waals surface area contributed by atoms with Crippen LogP contribution in [0.5, 0.6) is 11.6 Å². The highest BCUT2D eigenvalue weighted by atomic mass is 35.5. The molecule has 1 aromatic heterocycles. The van der Waals surface area contributed by atoms with Crippen LogP contribution < -0.4 is 15.1 Å². The van der Waals surface area contributed by atoms with Crippen molar-refractivity contribution in [3.8, 4) is 11.6 Å². The van der Waals surface area contributed by atoms with Crippen LogP contribution in [0.3, 0.4) is 0 Å². The van der Waals surface area contributed by atoms with E-state index in [0.717, 1.165) is 31.8 Å². The second-order valence-electron chi connectivity index (χ2n) is 6.57. The van der Waals surface area contributed by atoms with E-state index in [0.29, 0.717) is 16.9 Å². The summed E-state index contributed by atoms with van der Waals surface area (Å²) in [6.45, 7) is 6.98. The zero-order valence-corrected chi connectivity index (χ0v) is 15.4. The number of nitrogens with one attached hydrogen (secondary N) is 1. The van der Waals surface area contributed by atoms with Crippen LogP contribution in [0.15, 0.2) is 42.6 Å². The average Bonchev–Trinajstić information content (AvgIpc) is 3.03. The lowest BCUT2D eigenvalue weighted by atomic mass is 10.2. The fourth-order valence-corrected chi connectivity index (χ4v) is 2.95. The molecule has 25 heavy (non-hydrogen) atoms. The molecule has 1 aliphatic heterocycles. The molecule has 134 valence electrons. The van der Waals surface area contributed by atoms with Crippen molar-refractivity contribution < 1.29 is 9.57 Å². The molecule has 0 saturated carbocycles. The quantitative estimate of drug-likeness (QED) is 0.762. The van der Waals surface area contributed by atoms with Gasteiger partial charge in [0.05, 0.1) is 17.2 Å². The monoisotopic (exact) mass is 361 g/mol. The number of likely N-dealkylation sites (tertiary alicyclic amines) is 1. The van der Waals surface area contributed by atoms with Crippen molar-refractivity contribution in [3.63, 3.8) is 0 Å². The predicted octanol–water partition coefficient (Wildman–Crippen LogP) is 3.68. The Morgan fingerprint density at radius 2 is 2.04 bits per heavy atom. The van der Waals surface area contributed by atoms with Crippen molar-refractivity contribution in [2.75, 3.05) is 13.1 Å². The number of hydrogen-bond donors (Lipinski definition) is 1. The third-order valence-electron chi connectivity index (χ3n) is 4.00. The van der Waals surface area contributed by atoms with Gasteiger partial charge in [0.1, 0.15) is 5.75 Å². The molecule has 2 aromatic rings. The Hall–Kier alpha value is -1.82. The number of rotatable bonds is 7. The average molecular weight is 362 g/mol. The zero-order chi connectivity index (χ0) is 17.6. The van der Waals surface area contributed by atoms with E-state index in [1.165, 1.54) is 5.56 Å². The van der Waals surface area contributed by atoms with E-state index in [1.807, 2.05) is 26.0 Å². The van der Waals surface area contributed by atoms with E-state index in [1.54, 1.807) is 18.3 Å². The Balaban J connectivity index is 1.44. The Bertz CT molecular complexity index is 661. The summed E-state index contributed by atoms with van der Waals surface area (Å²) in [6, 6.07) is 12.1. The normalized spacial score (nSPS) is 17.8. The van der Waals surface area contributed by atoms with E-state index in [9.17, 15) is 0 Å². The van der Waals surface area contributed by atoms with Crippen LogP contribution in [0.4, 0.5) is 0 Å². The van der Waals surface area contributed by atoms with Crippen molar-refractivity contribution >= 4 is 11.6 Å². The molecule has 0 spiro atoms. The number of hydrogen-bond acceptors (Lipinski definition) is 5.